The van der Waals surface area contributed by atoms with Gasteiger partial charge in [-0.1, -0.05) is 29.5 Å². The van der Waals surface area contributed by atoms with Crippen LogP contribution in [0.3, 0.4) is 0 Å². The largest absolute Gasteiger partial charge is 0.495 e. The first-order chi connectivity index (χ1) is 13.9. The van der Waals surface area contributed by atoms with Crippen LogP contribution in [0.5, 0.6) is 10.9 Å². The summed E-state index contributed by atoms with van der Waals surface area (Å²) in [5.74, 6) is 0.374. The second-order valence-electron chi connectivity index (χ2n) is 7.28. The molecule has 154 valence electrons. The lowest BCUT2D eigenvalue weighted by Crippen LogP contribution is -2.41. The van der Waals surface area contributed by atoms with Crippen LogP contribution >= 0.6 is 11.3 Å². The van der Waals surface area contributed by atoms with E-state index in [0.717, 1.165) is 21.3 Å². The molecular formula is C21H24N2O4S2. The van der Waals surface area contributed by atoms with E-state index in [1.54, 1.807) is 12.1 Å². The van der Waals surface area contributed by atoms with Gasteiger partial charge in [0.1, 0.15) is 16.7 Å². The molecule has 3 aromatic rings. The predicted octanol–water partition coefficient (Wildman–Crippen LogP) is 4.15. The van der Waals surface area contributed by atoms with Crippen molar-refractivity contribution in [2.45, 2.75) is 37.7 Å². The van der Waals surface area contributed by atoms with E-state index >= 15 is 0 Å². The number of sulfonamides is 1. The van der Waals surface area contributed by atoms with Crippen molar-refractivity contribution in [3.8, 4) is 10.9 Å². The number of ether oxygens (including phenoxy) is 2. The summed E-state index contributed by atoms with van der Waals surface area (Å²) in [5, 5.41) is 0.649. The molecule has 0 saturated carbocycles. The lowest BCUT2D eigenvalue weighted by molar-refractivity contribution is 0.135. The number of aromatic nitrogens is 1. The number of thiazole rings is 1. The topological polar surface area (TPSA) is 68.7 Å². The molecule has 0 amide bonds. The van der Waals surface area contributed by atoms with E-state index in [1.165, 1.54) is 22.8 Å². The van der Waals surface area contributed by atoms with E-state index in [9.17, 15) is 8.42 Å². The molecule has 0 spiro atoms. The highest BCUT2D eigenvalue weighted by Crippen LogP contribution is 2.33. The van der Waals surface area contributed by atoms with Crippen molar-refractivity contribution >= 4 is 31.6 Å². The number of methoxy groups -OCH3 is 1. The van der Waals surface area contributed by atoms with Crippen molar-refractivity contribution in [2.75, 3.05) is 20.2 Å². The number of para-hydroxylation sites is 1. The molecule has 0 radical (unpaired) electrons. The van der Waals surface area contributed by atoms with E-state index in [1.807, 2.05) is 38.1 Å². The van der Waals surface area contributed by atoms with Gasteiger partial charge < -0.3 is 9.47 Å². The molecule has 4 rings (SSSR count). The Hall–Kier alpha value is -2.16. The van der Waals surface area contributed by atoms with Crippen LogP contribution in [0.1, 0.15) is 24.0 Å². The van der Waals surface area contributed by atoms with Crippen molar-refractivity contribution < 1.29 is 17.9 Å². The minimum Gasteiger partial charge on any atom is -0.495 e. The third kappa shape index (κ3) is 3.97. The number of hydrogen-bond donors (Lipinski definition) is 0. The molecule has 1 aliphatic rings. The van der Waals surface area contributed by atoms with Gasteiger partial charge in [0.25, 0.3) is 5.19 Å². The number of fused-ring (bicyclic) bond motifs is 1. The summed E-state index contributed by atoms with van der Waals surface area (Å²) in [6, 6.07) is 11.3. The minimum atomic E-state index is -3.61. The average Bonchev–Trinajstić information content (AvgIpc) is 3.12. The van der Waals surface area contributed by atoms with Gasteiger partial charge >= 0.3 is 0 Å². The van der Waals surface area contributed by atoms with Gasteiger partial charge in [0.15, 0.2) is 0 Å². The Kier molecular flexibility index (Phi) is 5.50. The molecule has 1 aliphatic heterocycles. The quantitative estimate of drug-likeness (QED) is 0.606. The first kappa shape index (κ1) is 20.1. The molecule has 1 aromatic heterocycles. The molecule has 0 unspecified atom stereocenters. The highest BCUT2D eigenvalue weighted by Gasteiger charge is 2.32. The molecule has 1 saturated heterocycles. The molecule has 0 N–H and O–H groups in total. The molecule has 0 aliphatic carbocycles. The van der Waals surface area contributed by atoms with E-state index in [4.69, 9.17) is 9.47 Å². The number of hydrogen-bond acceptors (Lipinski definition) is 6. The molecule has 29 heavy (non-hydrogen) atoms. The lowest BCUT2D eigenvalue weighted by Gasteiger charge is -2.31. The third-order valence-corrected chi connectivity index (χ3v) is 8.04. The van der Waals surface area contributed by atoms with Crippen LogP contribution < -0.4 is 9.47 Å². The van der Waals surface area contributed by atoms with Crippen molar-refractivity contribution in [3.05, 3.63) is 47.5 Å². The van der Waals surface area contributed by atoms with Gasteiger partial charge in [0.05, 0.1) is 17.3 Å². The molecule has 8 heteroatoms. The molecule has 1 fully saturated rings. The van der Waals surface area contributed by atoms with E-state index in [2.05, 4.69) is 4.98 Å². The number of benzene rings is 2. The lowest BCUT2D eigenvalue weighted by atomic mass is 10.1. The van der Waals surface area contributed by atoms with Crippen molar-refractivity contribution in [2.24, 2.45) is 0 Å². The van der Waals surface area contributed by atoms with Crippen LogP contribution in [0.4, 0.5) is 0 Å². The maximum atomic E-state index is 13.1. The van der Waals surface area contributed by atoms with Crippen LogP contribution in [0.25, 0.3) is 10.2 Å². The Morgan fingerprint density at radius 2 is 1.90 bits per heavy atom. The fourth-order valence-corrected chi connectivity index (χ4v) is 6.24. The molecule has 0 atom stereocenters. The van der Waals surface area contributed by atoms with Gasteiger partial charge in [-0.25, -0.2) is 13.4 Å². The van der Waals surface area contributed by atoms with Crippen LogP contribution in [-0.4, -0.2) is 44.0 Å². The Balaban J connectivity index is 1.46. The first-order valence-electron chi connectivity index (χ1n) is 9.56. The predicted molar refractivity (Wildman–Crippen MR) is 114 cm³/mol. The van der Waals surface area contributed by atoms with E-state index in [0.29, 0.717) is 36.9 Å². The van der Waals surface area contributed by atoms with Gasteiger partial charge in [-0.3, -0.25) is 0 Å². The summed E-state index contributed by atoms with van der Waals surface area (Å²) >= 11 is 1.53. The SMILES string of the molecule is COc1ccc(C)cc1S(=O)(=O)N1CCC(Oc2nc3c(C)cccc3s2)CC1. The maximum Gasteiger partial charge on any atom is 0.274 e. The highest BCUT2D eigenvalue weighted by molar-refractivity contribution is 7.89. The Morgan fingerprint density at radius 1 is 1.14 bits per heavy atom. The second kappa shape index (κ2) is 7.93. The molecular weight excluding hydrogens is 408 g/mol. The zero-order valence-corrected chi connectivity index (χ0v) is 18.3. The zero-order chi connectivity index (χ0) is 20.6. The van der Waals surface area contributed by atoms with Gasteiger partial charge in [-0.05, 0) is 56.0 Å². The molecule has 0 bridgehead atoms. The van der Waals surface area contributed by atoms with Gasteiger partial charge in [-0.2, -0.15) is 4.31 Å². The molecule has 2 aromatic carbocycles. The highest BCUT2D eigenvalue weighted by atomic mass is 32.2. The smallest absolute Gasteiger partial charge is 0.274 e. The van der Waals surface area contributed by atoms with Crippen molar-refractivity contribution in [1.82, 2.24) is 9.29 Å². The monoisotopic (exact) mass is 432 g/mol. The van der Waals surface area contributed by atoms with Crippen LogP contribution in [0.15, 0.2) is 41.3 Å². The minimum absolute atomic E-state index is 0.0401. The van der Waals surface area contributed by atoms with E-state index < -0.39 is 10.0 Å². The summed E-state index contributed by atoms with van der Waals surface area (Å²) < 4.78 is 40.3. The standard InChI is InChI=1S/C21H24N2O4S2/c1-14-7-8-17(26-3)19(13-14)29(24,25)23-11-9-16(10-12-23)27-21-22-20-15(2)5-4-6-18(20)28-21/h4-8,13,16H,9-12H2,1-3H3. The van der Waals surface area contributed by atoms with E-state index in [-0.39, 0.29) is 11.0 Å². The number of piperidine rings is 1. The molecule has 6 nitrogen and oxygen atoms in total. The van der Waals surface area contributed by atoms with Crippen LogP contribution in [0.2, 0.25) is 0 Å². The Labute approximate surface area is 175 Å². The fourth-order valence-electron chi connectivity index (χ4n) is 3.57. The van der Waals surface area contributed by atoms with Crippen molar-refractivity contribution in [1.29, 1.82) is 0 Å². The Bertz CT molecular complexity index is 1130. The summed E-state index contributed by atoms with van der Waals surface area (Å²) in [6.45, 7) is 4.73. The van der Waals surface area contributed by atoms with Crippen LogP contribution in [0, 0.1) is 13.8 Å². The summed E-state index contributed by atoms with van der Waals surface area (Å²) in [5.41, 5.74) is 2.98. The average molecular weight is 433 g/mol. The Morgan fingerprint density at radius 3 is 2.59 bits per heavy atom. The fraction of sp³-hybridized carbons (Fsp3) is 0.381. The summed E-state index contributed by atoms with van der Waals surface area (Å²) in [4.78, 5) is 4.83. The zero-order valence-electron chi connectivity index (χ0n) is 16.7. The maximum absolute atomic E-state index is 13.1. The summed E-state index contributed by atoms with van der Waals surface area (Å²) in [7, 11) is -2.12. The van der Waals surface area contributed by atoms with Crippen LogP contribution in [-0.2, 0) is 10.0 Å². The van der Waals surface area contributed by atoms with Gasteiger partial charge in [0, 0.05) is 13.1 Å². The molecule has 2 heterocycles. The summed E-state index contributed by atoms with van der Waals surface area (Å²) in [6.07, 6.45) is 1.21. The van der Waals surface area contributed by atoms with Gasteiger partial charge in [0.2, 0.25) is 10.0 Å². The second-order valence-corrected chi connectivity index (χ2v) is 10.2. The number of aryl methyl sites for hydroxylation is 2. The first-order valence-corrected chi connectivity index (χ1v) is 11.8. The number of rotatable bonds is 5. The van der Waals surface area contributed by atoms with Crippen molar-refractivity contribution in [3.63, 3.8) is 0 Å². The third-order valence-electron chi connectivity index (χ3n) is 5.21. The van der Waals surface area contributed by atoms with Gasteiger partial charge in [-0.15, -0.1) is 0 Å². The normalized spacial score (nSPS) is 16.2. The number of nitrogens with zero attached hydrogens (tertiary/aromatic N) is 2.